The van der Waals surface area contributed by atoms with Crippen molar-refractivity contribution in [2.75, 3.05) is 0 Å². The highest BCUT2D eigenvalue weighted by atomic mass is 79.9. The molecule has 0 nitrogen and oxygen atoms in total. The normalized spacial score (nSPS) is 21.0. The number of hydrogen-bond donors (Lipinski definition) is 0. The summed E-state index contributed by atoms with van der Waals surface area (Å²) in [7, 11) is 0. The van der Waals surface area contributed by atoms with Crippen molar-refractivity contribution in [3.63, 3.8) is 0 Å². The minimum absolute atomic E-state index is 0.372. The Kier molecular flexibility index (Phi) is 2.91. The van der Waals surface area contributed by atoms with E-state index in [1.807, 2.05) is 0 Å². The van der Waals surface area contributed by atoms with Gasteiger partial charge in [-0.2, -0.15) is 0 Å². The number of halogens is 2. The highest BCUT2D eigenvalue weighted by Crippen LogP contribution is 2.84. The Morgan fingerprint density at radius 2 is 0.355 bits per heavy atom. The van der Waals surface area contributed by atoms with Crippen LogP contribution in [0.1, 0.15) is 44.5 Å². The Balaban J connectivity index is 1.11. The molecule has 0 fully saturated rings. The van der Waals surface area contributed by atoms with E-state index in [4.69, 9.17) is 0 Å². The summed E-state index contributed by atoms with van der Waals surface area (Å²) >= 11 is 8.19. The van der Waals surface area contributed by atoms with E-state index in [0.29, 0.717) is 0 Å². The van der Waals surface area contributed by atoms with Gasteiger partial charge in [-0.3, -0.25) is 0 Å². The van der Waals surface area contributed by atoms with Crippen LogP contribution in [0.3, 0.4) is 0 Å². The van der Waals surface area contributed by atoms with E-state index in [1.165, 1.54) is 20.1 Å². The molecule has 0 radical (unpaired) electrons. The summed E-state index contributed by atoms with van der Waals surface area (Å²) in [6.45, 7) is 0. The smallest absolute Gasteiger partial charge is 0.0523 e. The Bertz CT molecular complexity index is 7420. The maximum Gasteiger partial charge on any atom is 0.0523 e. The van der Waals surface area contributed by atoms with Gasteiger partial charge in [0.05, 0.1) is 10.8 Å². The van der Waals surface area contributed by atoms with Crippen LogP contribution in [0.4, 0.5) is 0 Å². The van der Waals surface area contributed by atoms with Crippen LogP contribution in [0.15, 0.2) is 57.5 Å². The highest BCUT2D eigenvalue weighted by Gasteiger charge is 2.66. The third-order valence-corrected chi connectivity index (χ3v) is 27.3. The average Bonchev–Trinajstić information content (AvgIpc) is 1.54. The maximum absolute atomic E-state index is 4.10. The lowest BCUT2D eigenvalue weighted by Crippen LogP contribution is -2.45. The second-order valence-corrected chi connectivity index (χ2v) is 29.0. The third-order valence-electron chi connectivity index (χ3n) is 26.3. The molecular weight excluding hydrogens is 1050 g/mol. The van der Waals surface area contributed by atoms with Gasteiger partial charge in [0, 0.05) is 8.95 Å². The summed E-state index contributed by atoms with van der Waals surface area (Å²) < 4.78 is 2.38. The van der Waals surface area contributed by atoms with E-state index in [0.717, 1.165) is 12.8 Å². The van der Waals surface area contributed by atoms with E-state index in [-0.39, 0.29) is 10.8 Å². The molecule has 29 aromatic carbocycles. The van der Waals surface area contributed by atoms with Crippen molar-refractivity contribution in [2.45, 2.75) is 23.7 Å². The molecule has 29 aromatic rings. The van der Waals surface area contributed by atoms with Crippen molar-refractivity contribution in [3.8, 4) is 0 Å². The van der Waals surface area contributed by atoms with Gasteiger partial charge in [-0.1, -0.05) is 56.1 Å². The van der Waals surface area contributed by atoms with Gasteiger partial charge < -0.3 is 0 Å². The van der Waals surface area contributed by atoms with Crippen molar-refractivity contribution in [1.82, 2.24) is 0 Å². The minimum Gasteiger partial charge on any atom is -0.0609 e. The van der Waals surface area contributed by atoms with Crippen LogP contribution in [0.5, 0.6) is 0 Å². The molecule has 5 aliphatic rings. The molecule has 76 heavy (non-hydrogen) atoms. The minimum atomic E-state index is -0.372. The van der Waals surface area contributed by atoms with Crippen LogP contribution in [0, 0.1) is 0 Å². The summed E-state index contributed by atoms with van der Waals surface area (Å²) in [4.78, 5) is 0. The molecule has 0 heterocycles. The van der Waals surface area contributed by atoms with Crippen molar-refractivity contribution < 1.29 is 0 Å². The Morgan fingerprint density at radius 1 is 0.197 bits per heavy atom. The van der Waals surface area contributed by atoms with E-state index >= 15 is 0 Å². The monoisotopic (exact) mass is 1060 g/mol. The predicted molar refractivity (Wildman–Crippen MR) is 328 cm³/mol. The largest absolute Gasteiger partial charge is 0.0609 e. The molecule has 0 amide bonds. The molecule has 322 valence electrons. The van der Waals surface area contributed by atoms with E-state index in [9.17, 15) is 0 Å². The fourth-order valence-corrected chi connectivity index (χ4v) is 26.9. The summed E-state index contributed by atoms with van der Waals surface area (Å²) in [5.74, 6) is 0. The van der Waals surface area contributed by atoms with Crippen molar-refractivity contribution in [2.24, 2.45) is 0 Å². The highest BCUT2D eigenvalue weighted by molar-refractivity contribution is 9.10. The van der Waals surface area contributed by atoms with Crippen LogP contribution in [0.25, 0.3) is 280 Å². The molecule has 0 N–H and O–H groups in total. The zero-order valence-corrected chi connectivity index (χ0v) is 42.0. The van der Waals surface area contributed by atoms with Gasteiger partial charge >= 0.3 is 0 Å². The van der Waals surface area contributed by atoms with E-state index in [2.05, 4.69) is 80.4 Å². The molecule has 0 bridgehead atoms. The predicted octanol–water partition coefficient (Wildman–Crippen LogP) is 21.0. The van der Waals surface area contributed by atoms with Crippen LogP contribution in [-0.4, -0.2) is 0 Å². The SMILES string of the molecule is Brc1cccc(CC23c4c5c6c7c8c9c%10c%11c(c2c2c%12c3c3c%13c4c6c4c6c%13c%13c3c3c%12c%12c%14c2c%11c2c%11c%10c%10c8c8c7c4c4c6c6c%13c7c3c%12c3c(c%142)c2c%11c%10c%10c8c4c4c%10c2c3c7c64)C59Cc2cccc(Br)c2)c1. The fraction of sp³-hybridized carbons (Fsp3) is 0.0541. The first-order valence-electron chi connectivity index (χ1n) is 27.9. The zero-order chi connectivity index (χ0) is 45.9. The number of benzene rings is 19. The molecular formula is C74H12Br2. The van der Waals surface area contributed by atoms with Crippen LogP contribution >= 0.6 is 31.9 Å². The molecule has 0 aromatic heterocycles. The third kappa shape index (κ3) is 1.79. The second-order valence-electron chi connectivity index (χ2n) is 27.2. The van der Waals surface area contributed by atoms with Gasteiger partial charge in [0.25, 0.3) is 0 Å². The molecule has 0 saturated heterocycles. The average molecular weight is 1060 g/mol. The van der Waals surface area contributed by atoms with Gasteiger partial charge in [-0.05, 0) is 362 Å². The summed E-state index contributed by atoms with van der Waals surface area (Å²) in [5.41, 5.74) is 12.5. The fourth-order valence-electron chi connectivity index (χ4n) is 26.0. The van der Waals surface area contributed by atoms with Gasteiger partial charge in [-0.25, -0.2) is 0 Å². The van der Waals surface area contributed by atoms with E-state index in [1.54, 1.807) is 313 Å². The van der Waals surface area contributed by atoms with E-state index < -0.39 is 0 Å². The maximum atomic E-state index is 4.10. The van der Waals surface area contributed by atoms with Crippen molar-refractivity contribution in [1.29, 1.82) is 0 Å². The lowest BCUT2D eigenvalue weighted by Gasteiger charge is -2.49. The lowest BCUT2D eigenvalue weighted by atomic mass is 9.51. The molecule has 2 heteroatoms. The molecule has 0 saturated carbocycles. The molecule has 0 spiro atoms. The Morgan fingerprint density at radius 3 is 0.566 bits per heavy atom. The molecule has 0 aliphatic heterocycles. The molecule has 2 unspecified atom stereocenters. The summed E-state index contributed by atoms with van der Waals surface area (Å²) in [6, 6.07) is 19.2. The number of hydrogen-bond acceptors (Lipinski definition) is 0. The number of rotatable bonds is 4. The first-order chi connectivity index (χ1) is 37.7. The standard InChI is InChI=1S/C74H12Br2/c75-13-5-1-3-11(7-13)9-73-67-59-50-43-30-23-17-18-20-16-15-19(17)28(30)34-32-21(15)25-22(16)33-35-29(20)31-24(18)27-26(23)37-45-38(27)47-44(31)51-49(35)53-40(33)42-36(25)41-39(32)52(48(34)50)63(67)65-54(41)55(42)66-64(53)68-60(51)57(47)62-58(45)61(56(59)46(37)43)69(73)70(62)74(68,72(66)71(65)73)10-12-4-2-6-14(76)8-12/h1-8H,9-10H2. The van der Waals surface area contributed by atoms with Crippen LogP contribution < -0.4 is 0 Å². The summed E-state index contributed by atoms with van der Waals surface area (Å²) in [6.07, 6.45) is 1.94. The Labute approximate surface area is 434 Å². The zero-order valence-electron chi connectivity index (χ0n) is 38.8. The first kappa shape index (κ1) is 30.4. The van der Waals surface area contributed by atoms with Gasteiger partial charge in [-0.15, -0.1) is 0 Å². The topological polar surface area (TPSA) is 0 Å². The second kappa shape index (κ2) is 7.26. The van der Waals surface area contributed by atoms with Gasteiger partial charge in [0.1, 0.15) is 0 Å². The first-order valence-corrected chi connectivity index (χ1v) is 29.5. The van der Waals surface area contributed by atoms with Crippen LogP contribution in [-0.2, 0) is 23.7 Å². The molecule has 2 atom stereocenters. The van der Waals surface area contributed by atoms with Crippen LogP contribution in [0.2, 0.25) is 0 Å². The lowest BCUT2D eigenvalue weighted by molar-refractivity contribution is 0.538. The van der Waals surface area contributed by atoms with Crippen molar-refractivity contribution in [3.05, 3.63) is 102 Å². The summed E-state index contributed by atoms with van der Waals surface area (Å²) in [5, 5.41) is 86.1. The quantitative estimate of drug-likeness (QED) is 0.154. The van der Waals surface area contributed by atoms with Gasteiger partial charge in [0.15, 0.2) is 0 Å². The molecule has 34 rings (SSSR count). The molecule has 5 aliphatic carbocycles. The van der Waals surface area contributed by atoms with Crippen molar-refractivity contribution >= 4 is 312 Å². The van der Waals surface area contributed by atoms with Gasteiger partial charge in [0.2, 0.25) is 0 Å². The Hall–Kier alpha value is -8.14.